The van der Waals surface area contributed by atoms with E-state index in [-0.39, 0.29) is 31.8 Å². The van der Waals surface area contributed by atoms with Crippen LogP contribution in [0.3, 0.4) is 0 Å². The number of nitrogens with zero attached hydrogens (tertiary/aromatic N) is 6. The number of aromatic nitrogens is 6. The summed E-state index contributed by atoms with van der Waals surface area (Å²) in [5.74, 6) is 4.36. The molecule has 7 rings (SSSR count). The smallest absolute Gasteiger partial charge is 0.182 e. The summed E-state index contributed by atoms with van der Waals surface area (Å²) in [5, 5.41) is 19.2. The molecule has 0 spiro atoms. The molecule has 0 amide bonds. The Kier molecular flexibility index (Phi) is 25.7. The van der Waals surface area contributed by atoms with Gasteiger partial charge in [-0.1, -0.05) is 136 Å². The number of benzene rings is 5. The van der Waals surface area contributed by atoms with E-state index in [9.17, 15) is 0 Å². The molecule has 422 valence electrons. The lowest BCUT2D eigenvalue weighted by molar-refractivity contribution is 0.206. The van der Waals surface area contributed by atoms with Crippen LogP contribution >= 0.6 is 0 Å². The number of rotatable bonds is 34. The molecule has 0 saturated heterocycles. The molecule has 0 unspecified atom stereocenters. The summed E-state index contributed by atoms with van der Waals surface area (Å²) in [6, 6.07) is 40.7. The van der Waals surface area contributed by atoms with Gasteiger partial charge in [-0.3, -0.25) is 0 Å². The molecule has 0 fully saturated rings. The second-order valence-electron chi connectivity index (χ2n) is 21.5. The first-order valence-corrected chi connectivity index (χ1v) is 29.8. The lowest BCUT2D eigenvalue weighted by atomic mass is 10.0. The fourth-order valence-electron chi connectivity index (χ4n) is 9.82. The topological polar surface area (TPSA) is 114 Å². The minimum Gasteiger partial charge on any atom is -0.491 e. The van der Waals surface area contributed by atoms with Crippen molar-refractivity contribution in [2.45, 2.75) is 216 Å². The van der Waals surface area contributed by atoms with Crippen LogP contribution in [0.1, 0.15) is 191 Å². The van der Waals surface area contributed by atoms with E-state index in [1.54, 1.807) is 0 Å². The summed E-state index contributed by atoms with van der Waals surface area (Å²) >= 11 is 0. The van der Waals surface area contributed by atoms with Crippen LogP contribution in [0.2, 0.25) is 0 Å². The predicted octanol–water partition coefficient (Wildman–Crippen LogP) is 19.6. The Bertz CT molecular complexity index is 2610. The molecule has 79 heavy (non-hydrogen) atoms. The summed E-state index contributed by atoms with van der Waals surface area (Å²) in [6.45, 7) is 17.6. The molecule has 0 aliphatic rings. The van der Waals surface area contributed by atoms with Crippen molar-refractivity contribution in [3.8, 4) is 90.8 Å². The molecule has 10 heteroatoms. The molecule has 0 aliphatic carbocycles. The number of hydrogen-bond acceptors (Lipinski definition) is 10. The number of ether oxygens (including phenoxy) is 4. The van der Waals surface area contributed by atoms with Crippen molar-refractivity contribution >= 4 is 0 Å². The molecule has 0 bridgehead atoms. The Labute approximate surface area is 475 Å². The Morgan fingerprint density at radius 2 is 0.506 bits per heavy atom. The second kappa shape index (κ2) is 33.0. The van der Waals surface area contributed by atoms with Crippen molar-refractivity contribution in [1.29, 1.82) is 0 Å². The average molecular weight is 1070 g/mol. The van der Waals surface area contributed by atoms with Crippen LogP contribution in [-0.4, -0.2) is 54.8 Å². The van der Waals surface area contributed by atoms with Gasteiger partial charge >= 0.3 is 0 Å². The zero-order chi connectivity index (χ0) is 54.9. The Balaban J connectivity index is 0.0000101. The van der Waals surface area contributed by atoms with E-state index in [1.165, 1.54) is 103 Å². The Morgan fingerprint density at radius 1 is 0.278 bits per heavy atom. The molecule has 0 radical (unpaired) electrons. The quantitative estimate of drug-likeness (QED) is 0.0361. The first kappa shape index (κ1) is 61.5. The maximum absolute atomic E-state index is 6.36. The molecule has 4 atom stereocenters. The van der Waals surface area contributed by atoms with Gasteiger partial charge in [-0.2, -0.15) is 0 Å². The summed E-state index contributed by atoms with van der Waals surface area (Å²) in [5.41, 5.74) is 8.08. The molecule has 10 nitrogen and oxygen atoms in total. The average Bonchev–Trinajstić information content (AvgIpc) is 3.49. The van der Waals surface area contributed by atoms with Crippen molar-refractivity contribution in [1.82, 2.24) is 30.4 Å². The summed E-state index contributed by atoms with van der Waals surface area (Å²) in [4.78, 5) is 10.5. The van der Waals surface area contributed by atoms with E-state index in [4.69, 9.17) is 49.3 Å². The van der Waals surface area contributed by atoms with Crippen LogP contribution in [0, 0.1) is 0 Å². The molecular formula is C69H92N6O4. The van der Waals surface area contributed by atoms with Crippen molar-refractivity contribution < 1.29 is 18.9 Å². The van der Waals surface area contributed by atoms with E-state index in [2.05, 4.69) is 79.7 Å². The standard InChI is InChI=1S/C68H88N6O4.CH4/c1-9-13-17-21-25-49(5)75-59-41-33-53(34-42-59)63-65(55-37-45-61(46-38-55)77-51(7)27-23-19-15-11-3)71-73-67(69-63)57-29-31-58(32-30-57)68-70-64(54-35-43-60(44-36-54)76-50(6)26-22-18-14-10-2)66(72-74-68)56-39-47-62(48-40-56)78-52(8)28-24-20-16-12-4;/h29-52H,9-28H2,1-8H3;1H4/t49-,50-,51-,52-;/m0./s1. The molecule has 2 aromatic heterocycles. The van der Waals surface area contributed by atoms with Crippen LogP contribution in [-0.2, 0) is 0 Å². The minimum atomic E-state index is 0. The highest BCUT2D eigenvalue weighted by Crippen LogP contribution is 2.36. The fourth-order valence-corrected chi connectivity index (χ4v) is 9.82. The van der Waals surface area contributed by atoms with Crippen LogP contribution in [0.4, 0.5) is 0 Å². The summed E-state index contributed by atoms with van der Waals surface area (Å²) in [7, 11) is 0. The van der Waals surface area contributed by atoms with Gasteiger partial charge in [0.05, 0.1) is 24.4 Å². The highest BCUT2D eigenvalue weighted by atomic mass is 16.5. The lowest BCUT2D eigenvalue weighted by Gasteiger charge is -2.16. The van der Waals surface area contributed by atoms with E-state index in [0.29, 0.717) is 23.0 Å². The Morgan fingerprint density at radius 3 is 0.747 bits per heavy atom. The lowest BCUT2D eigenvalue weighted by Crippen LogP contribution is -2.11. The highest BCUT2D eigenvalue weighted by molar-refractivity contribution is 5.81. The van der Waals surface area contributed by atoms with Gasteiger partial charge in [0.15, 0.2) is 11.6 Å². The van der Waals surface area contributed by atoms with Gasteiger partial charge in [0.25, 0.3) is 0 Å². The zero-order valence-electron chi connectivity index (χ0n) is 48.3. The largest absolute Gasteiger partial charge is 0.491 e. The SMILES string of the molecule is C.CCCCCC[C@H](C)Oc1ccc(-c2nnc(-c3ccc(-c4nnc(-c5ccc(O[C@@H](C)CCCCCC)cc5)c(-c5ccc(O[C@@H](C)CCCCCC)cc5)n4)cc3)nc2-c2ccc(O[C@@H](C)CCCCCC)cc2)cc1. The van der Waals surface area contributed by atoms with Crippen molar-refractivity contribution in [3.05, 3.63) is 121 Å². The summed E-state index contributed by atoms with van der Waals surface area (Å²) < 4.78 is 25.4. The molecule has 0 aliphatic heterocycles. The summed E-state index contributed by atoms with van der Waals surface area (Å²) in [6.07, 6.45) is 24.2. The fraction of sp³-hybridized carbons (Fsp3) is 0.478. The van der Waals surface area contributed by atoms with Gasteiger partial charge in [0.2, 0.25) is 0 Å². The third kappa shape index (κ3) is 19.3. The molecular weight excluding hydrogens is 977 g/mol. The monoisotopic (exact) mass is 1070 g/mol. The first-order valence-electron chi connectivity index (χ1n) is 29.8. The van der Waals surface area contributed by atoms with E-state index < -0.39 is 0 Å². The van der Waals surface area contributed by atoms with Gasteiger partial charge < -0.3 is 18.9 Å². The maximum atomic E-state index is 6.36. The molecule has 0 saturated carbocycles. The Hall–Kier alpha value is -6.68. The van der Waals surface area contributed by atoms with Gasteiger partial charge in [-0.15, -0.1) is 20.4 Å². The van der Waals surface area contributed by atoms with Crippen LogP contribution in [0.25, 0.3) is 67.8 Å². The van der Waals surface area contributed by atoms with Gasteiger partial charge in [-0.25, -0.2) is 9.97 Å². The molecule has 5 aromatic carbocycles. The minimum absolute atomic E-state index is 0. The number of unbranched alkanes of at least 4 members (excludes halogenated alkanes) is 12. The van der Waals surface area contributed by atoms with Crippen LogP contribution < -0.4 is 18.9 Å². The van der Waals surface area contributed by atoms with Gasteiger partial charge in [0, 0.05) is 33.4 Å². The molecule has 7 aromatic rings. The van der Waals surface area contributed by atoms with Crippen LogP contribution in [0.15, 0.2) is 121 Å². The number of hydrogen-bond donors (Lipinski definition) is 0. The maximum Gasteiger partial charge on any atom is 0.182 e. The normalized spacial score (nSPS) is 12.8. The first-order chi connectivity index (χ1) is 38.1. The van der Waals surface area contributed by atoms with Crippen molar-refractivity contribution in [3.63, 3.8) is 0 Å². The molecule has 0 N–H and O–H groups in total. The third-order valence-electron chi connectivity index (χ3n) is 14.5. The van der Waals surface area contributed by atoms with E-state index in [0.717, 1.165) is 93.4 Å². The van der Waals surface area contributed by atoms with E-state index >= 15 is 0 Å². The van der Waals surface area contributed by atoms with Crippen LogP contribution in [0.5, 0.6) is 23.0 Å². The van der Waals surface area contributed by atoms with Gasteiger partial charge in [0.1, 0.15) is 45.8 Å². The third-order valence-corrected chi connectivity index (χ3v) is 14.5. The predicted molar refractivity (Wildman–Crippen MR) is 328 cm³/mol. The van der Waals surface area contributed by atoms with E-state index in [1.807, 2.05) is 97.1 Å². The second-order valence-corrected chi connectivity index (χ2v) is 21.5. The highest BCUT2D eigenvalue weighted by Gasteiger charge is 2.19. The van der Waals surface area contributed by atoms with Crippen molar-refractivity contribution in [2.24, 2.45) is 0 Å². The van der Waals surface area contributed by atoms with Gasteiger partial charge in [-0.05, 0) is 176 Å². The zero-order valence-corrected chi connectivity index (χ0v) is 48.3. The molecule has 2 heterocycles. The van der Waals surface area contributed by atoms with Crippen molar-refractivity contribution in [2.75, 3.05) is 0 Å².